The number of alkyl halides is 2. The van der Waals surface area contributed by atoms with Gasteiger partial charge in [-0.25, -0.2) is 9.37 Å². The molecule has 1 aliphatic heterocycles. The number of hydrogen-bond donors (Lipinski definition) is 0. The van der Waals surface area contributed by atoms with Gasteiger partial charge in [0.1, 0.15) is 12.4 Å². The minimum Gasteiger partial charge on any atom is -0.368 e. The largest absolute Gasteiger partial charge is 0.368 e. The van der Waals surface area contributed by atoms with Crippen LogP contribution < -0.4 is 4.90 Å². The Morgan fingerprint density at radius 1 is 1.03 bits per heavy atom. The molecule has 9 heteroatoms. The Hall–Kier alpha value is -2.68. The van der Waals surface area contributed by atoms with Crippen LogP contribution in [0.1, 0.15) is 0 Å². The Morgan fingerprint density at radius 3 is 2.41 bits per heavy atom. The maximum absolute atomic E-state index is 13.1. The van der Waals surface area contributed by atoms with Crippen molar-refractivity contribution in [3.8, 4) is 0 Å². The van der Waals surface area contributed by atoms with Crippen LogP contribution in [0.2, 0.25) is 0 Å². The molecule has 4 rings (SSSR count). The minimum absolute atomic E-state index is 0.0356. The quantitative estimate of drug-likeness (QED) is 0.588. The third kappa shape index (κ3) is 4.34. The van der Waals surface area contributed by atoms with Crippen molar-refractivity contribution in [3.63, 3.8) is 0 Å². The molecule has 0 radical (unpaired) electrons. The Kier molecular flexibility index (Phi) is 5.66. The zero-order valence-corrected chi connectivity index (χ0v) is 16.3. The van der Waals surface area contributed by atoms with Crippen molar-refractivity contribution in [1.29, 1.82) is 0 Å². The van der Waals surface area contributed by atoms with Crippen LogP contribution in [0.5, 0.6) is 0 Å². The predicted molar refractivity (Wildman–Crippen MR) is 107 cm³/mol. The summed E-state index contributed by atoms with van der Waals surface area (Å²) in [7, 11) is 0. The second-order valence-corrected chi connectivity index (χ2v) is 7.65. The van der Waals surface area contributed by atoms with E-state index in [1.807, 2.05) is 0 Å². The lowest BCUT2D eigenvalue weighted by Gasteiger charge is -2.36. The first-order chi connectivity index (χ1) is 14.0. The predicted octanol–water partition coefficient (Wildman–Crippen LogP) is 3.84. The van der Waals surface area contributed by atoms with Crippen molar-refractivity contribution >= 4 is 34.4 Å². The summed E-state index contributed by atoms with van der Waals surface area (Å²) in [5.41, 5.74) is 2.16. The van der Waals surface area contributed by atoms with E-state index in [1.54, 1.807) is 45.9 Å². The van der Waals surface area contributed by atoms with Gasteiger partial charge in [0.2, 0.25) is 5.91 Å². The van der Waals surface area contributed by atoms with Gasteiger partial charge in [0, 0.05) is 31.9 Å². The summed E-state index contributed by atoms with van der Waals surface area (Å²) in [5.74, 6) is -3.03. The maximum Gasteiger partial charge on any atom is 0.291 e. The number of para-hydroxylation sites is 2. The van der Waals surface area contributed by atoms with Crippen molar-refractivity contribution < 1.29 is 18.0 Å². The van der Waals surface area contributed by atoms with Gasteiger partial charge in [-0.05, 0) is 48.2 Å². The van der Waals surface area contributed by atoms with Crippen LogP contribution in [0.15, 0.2) is 53.7 Å². The summed E-state index contributed by atoms with van der Waals surface area (Å²) in [6.07, 6.45) is 0. The first-order valence-corrected chi connectivity index (χ1v) is 10.1. The molecule has 3 aromatic rings. The molecule has 0 unspecified atom stereocenters. The molecule has 0 spiro atoms. The summed E-state index contributed by atoms with van der Waals surface area (Å²) in [6.45, 7) is 2.24. The number of imidazole rings is 1. The molecule has 1 aromatic heterocycles. The number of thioether (sulfide) groups is 1. The van der Waals surface area contributed by atoms with E-state index < -0.39 is 5.76 Å². The van der Waals surface area contributed by atoms with Crippen LogP contribution in [0.3, 0.4) is 0 Å². The van der Waals surface area contributed by atoms with E-state index in [0.29, 0.717) is 49.0 Å². The second-order valence-electron chi connectivity index (χ2n) is 6.69. The Morgan fingerprint density at radius 2 is 1.72 bits per heavy atom. The first-order valence-electron chi connectivity index (χ1n) is 9.19. The van der Waals surface area contributed by atoms with Crippen molar-refractivity contribution in [2.45, 2.75) is 17.5 Å². The SMILES string of the molecule is O=C(Cn1c(SC(F)F)nc2ccccc21)N1CCN(c2ccc(F)cc2)CC1. The van der Waals surface area contributed by atoms with Crippen LogP contribution in [-0.2, 0) is 11.3 Å². The third-order valence-corrected chi connectivity index (χ3v) is 5.63. The number of piperazine rings is 1. The molecule has 0 bridgehead atoms. The van der Waals surface area contributed by atoms with E-state index >= 15 is 0 Å². The smallest absolute Gasteiger partial charge is 0.291 e. The molecule has 1 fully saturated rings. The van der Waals surface area contributed by atoms with Gasteiger partial charge in [-0.2, -0.15) is 8.78 Å². The summed E-state index contributed by atoms with van der Waals surface area (Å²) < 4.78 is 40.5. The van der Waals surface area contributed by atoms with Gasteiger partial charge >= 0.3 is 0 Å². The Balaban J connectivity index is 1.45. The highest BCUT2D eigenvalue weighted by Gasteiger charge is 2.24. The third-order valence-electron chi connectivity index (χ3n) is 4.93. The number of hydrogen-bond acceptors (Lipinski definition) is 4. The first kappa shape index (κ1) is 19.6. The van der Waals surface area contributed by atoms with Crippen molar-refractivity contribution in [1.82, 2.24) is 14.5 Å². The number of nitrogens with zero attached hydrogens (tertiary/aromatic N) is 4. The highest BCUT2D eigenvalue weighted by molar-refractivity contribution is 7.99. The minimum atomic E-state index is -2.61. The fraction of sp³-hybridized carbons (Fsp3) is 0.300. The van der Waals surface area contributed by atoms with Gasteiger partial charge in [-0.15, -0.1) is 0 Å². The number of carbonyl (C=O) groups excluding carboxylic acids is 1. The number of fused-ring (bicyclic) bond motifs is 1. The van der Waals surface area contributed by atoms with Gasteiger partial charge in [0.15, 0.2) is 5.16 Å². The standard InChI is InChI=1S/C20H19F3N4OS/c21-14-5-7-15(8-6-14)25-9-11-26(12-10-25)18(28)13-27-17-4-2-1-3-16(17)24-20(27)29-19(22)23/h1-8,19H,9-13H2. The average molecular weight is 420 g/mol. The maximum atomic E-state index is 13.1. The average Bonchev–Trinajstić information content (AvgIpc) is 3.05. The van der Waals surface area contributed by atoms with E-state index in [0.717, 1.165) is 5.69 Å². The second kappa shape index (κ2) is 8.36. The highest BCUT2D eigenvalue weighted by Crippen LogP contribution is 2.28. The summed E-state index contributed by atoms with van der Waals surface area (Å²) >= 11 is 0.347. The molecule has 152 valence electrons. The molecular formula is C20H19F3N4OS. The lowest BCUT2D eigenvalue weighted by atomic mass is 10.2. The lowest BCUT2D eigenvalue weighted by Crippen LogP contribution is -2.49. The number of carbonyl (C=O) groups is 1. The van der Waals surface area contributed by atoms with Crippen molar-refractivity contribution in [3.05, 3.63) is 54.3 Å². The number of amides is 1. The molecule has 2 aromatic carbocycles. The topological polar surface area (TPSA) is 41.4 Å². The molecule has 29 heavy (non-hydrogen) atoms. The number of aromatic nitrogens is 2. The van der Waals surface area contributed by atoms with E-state index in [-0.39, 0.29) is 23.4 Å². The normalized spacial score (nSPS) is 14.8. The zero-order valence-electron chi connectivity index (χ0n) is 15.5. The van der Waals surface area contributed by atoms with Crippen LogP contribution in [0.4, 0.5) is 18.9 Å². The van der Waals surface area contributed by atoms with Gasteiger partial charge < -0.3 is 14.4 Å². The fourth-order valence-corrected chi connectivity index (χ4v) is 4.08. The molecule has 0 N–H and O–H groups in total. The van der Waals surface area contributed by atoms with E-state index in [9.17, 15) is 18.0 Å². The van der Waals surface area contributed by atoms with Gasteiger partial charge in [-0.3, -0.25) is 4.79 Å². The van der Waals surface area contributed by atoms with Gasteiger partial charge in [0.05, 0.1) is 11.0 Å². The van der Waals surface area contributed by atoms with E-state index in [4.69, 9.17) is 0 Å². The van der Waals surface area contributed by atoms with Crippen LogP contribution in [0.25, 0.3) is 11.0 Å². The molecule has 1 aliphatic rings. The summed E-state index contributed by atoms with van der Waals surface area (Å²) in [4.78, 5) is 20.9. The number of anilines is 1. The van der Waals surface area contributed by atoms with E-state index in [2.05, 4.69) is 9.88 Å². The van der Waals surface area contributed by atoms with E-state index in [1.165, 1.54) is 12.1 Å². The lowest BCUT2D eigenvalue weighted by molar-refractivity contribution is -0.132. The molecular weight excluding hydrogens is 401 g/mol. The summed E-state index contributed by atoms with van der Waals surface area (Å²) in [5, 5.41) is 0.138. The van der Waals surface area contributed by atoms with Gasteiger partial charge in [0.25, 0.3) is 5.76 Å². The number of halogens is 3. The summed E-state index contributed by atoms with van der Waals surface area (Å²) in [6, 6.07) is 13.4. The molecule has 2 heterocycles. The molecule has 0 aliphatic carbocycles. The molecule has 5 nitrogen and oxygen atoms in total. The molecule has 1 saturated heterocycles. The van der Waals surface area contributed by atoms with Crippen LogP contribution >= 0.6 is 11.8 Å². The fourth-order valence-electron chi connectivity index (χ4n) is 3.48. The molecule has 1 amide bonds. The van der Waals surface area contributed by atoms with Crippen LogP contribution in [0, 0.1) is 5.82 Å². The Labute approximate surface area is 170 Å². The van der Waals surface area contributed by atoms with Crippen molar-refractivity contribution in [2.75, 3.05) is 31.1 Å². The highest BCUT2D eigenvalue weighted by atomic mass is 32.2. The van der Waals surface area contributed by atoms with Crippen LogP contribution in [-0.4, -0.2) is 52.3 Å². The number of benzene rings is 2. The van der Waals surface area contributed by atoms with Gasteiger partial charge in [-0.1, -0.05) is 12.1 Å². The zero-order chi connectivity index (χ0) is 20.4. The molecule has 0 atom stereocenters. The monoisotopic (exact) mass is 420 g/mol. The Bertz CT molecular complexity index is 1000. The van der Waals surface area contributed by atoms with Crippen molar-refractivity contribution in [2.24, 2.45) is 0 Å². The number of rotatable bonds is 5. The molecule has 0 saturated carbocycles.